The first-order valence-corrected chi connectivity index (χ1v) is 9.19. The van der Waals surface area contributed by atoms with Crippen molar-refractivity contribution in [2.45, 2.75) is 26.7 Å². The van der Waals surface area contributed by atoms with Crippen LogP contribution in [0.25, 0.3) is 5.57 Å². The fraction of sp³-hybridized carbons (Fsp3) is 0.526. The second kappa shape index (κ2) is 8.79. The summed E-state index contributed by atoms with van der Waals surface area (Å²) >= 11 is 3.43. The van der Waals surface area contributed by atoms with Gasteiger partial charge in [-0.3, -0.25) is 4.79 Å². The van der Waals surface area contributed by atoms with Gasteiger partial charge in [-0.1, -0.05) is 41.9 Å². The molecule has 1 heterocycles. The molecule has 1 amide bonds. The molecule has 0 unspecified atom stereocenters. The van der Waals surface area contributed by atoms with Gasteiger partial charge in [-0.2, -0.15) is 0 Å². The van der Waals surface area contributed by atoms with E-state index in [0.29, 0.717) is 19.8 Å². The molecule has 1 aliphatic rings. The lowest BCUT2D eigenvalue weighted by Crippen LogP contribution is -2.43. The average molecular weight is 396 g/mol. The summed E-state index contributed by atoms with van der Waals surface area (Å²) in [5.74, 6) is 0.132. The fourth-order valence-corrected chi connectivity index (χ4v) is 3.15. The van der Waals surface area contributed by atoms with Crippen LogP contribution in [0.3, 0.4) is 0 Å². The first-order chi connectivity index (χ1) is 11.5. The molecule has 0 bridgehead atoms. The van der Waals surface area contributed by atoms with E-state index < -0.39 is 0 Å². The Kier molecular flexibility index (Phi) is 7.02. The molecular formula is C19H26BrNO3. The highest BCUT2D eigenvalue weighted by Gasteiger charge is 2.32. The first-order valence-electron chi connectivity index (χ1n) is 8.40. The molecule has 0 radical (unpaired) electrons. The van der Waals surface area contributed by atoms with Crippen LogP contribution in [0, 0.1) is 11.3 Å². The molecule has 1 aromatic carbocycles. The number of hydrogen-bond acceptors (Lipinski definition) is 3. The number of ether oxygens (including phenoxy) is 1. The Bertz CT molecular complexity index is 575. The van der Waals surface area contributed by atoms with Crippen molar-refractivity contribution in [2.75, 3.05) is 26.4 Å². The number of benzene rings is 1. The Labute approximate surface area is 152 Å². The Morgan fingerprint density at radius 1 is 1.33 bits per heavy atom. The number of hydrogen-bond donors (Lipinski definition) is 2. The molecule has 0 aliphatic carbocycles. The van der Waals surface area contributed by atoms with Crippen molar-refractivity contribution >= 4 is 27.4 Å². The molecule has 4 nitrogen and oxygen atoms in total. The maximum Gasteiger partial charge on any atom is 0.244 e. The number of carbonyl (C=O) groups is 1. The zero-order valence-electron chi connectivity index (χ0n) is 14.3. The van der Waals surface area contributed by atoms with Crippen LogP contribution >= 0.6 is 15.9 Å². The summed E-state index contributed by atoms with van der Waals surface area (Å²) in [7, 11) is 0. The van der Waals surface area contributed by atoms with Crippen molar-refractivity contribution in [3.05, 3.63) is 40.4 Å². The molecule has 1 saturated heterocycles. The zero-order chi connectivity index (χ0) is 17.6. The quantitative estimate of drug-likeness (QED) is 0.725. The molecule has 24 heavy (non-hydrogen) atoms. The smallest absolute Gasteiger partial charge is 0.244 e. The molecule has 0 spiro atoms. The van der Waals surface area contributed by atoms with Crippen LogP contribution in [0.4, 0.5) is 0 Å². The Balaban J connectivity index is 2.06. The van der Waals surface area contributed by atoms with Gasteiger partial charge in [0.1, 0.15) is 0 Å². The van der Waals surface area contributed by atoms with E-state index in [0.717, 1.165) is 28.5 Å². The van der Waals surface area contributed by atoms with Crippen LogP contribution in [0.15, 0.2) is 34.8 Å². The summed E-state index contributed by atoms with van der Waals surface area (Å²) in [6, 6.07) is 7.98. The van der Waals surface area contributed by atoms with Gasteiger partial charge in [0.25, 0.3) is 0 Å². The number of rotatable bonds is 6. The SMILES string of the molecule is CC(C)/C(=C\C(=O)NCC1(CO)CCOCC1)c1ccc(Br)cc1. The van der Waals surface area contributed by atoms with Crippen molar-refractivity contribution in [1.29, 1.82) is 0 Å². The van der Waals surface area contributed by atoms with Gasteiger partial charge in [-0.05, 0) is 42.0 Å². The molecule has 0 saturated carbocycles. The lowest BCUT2D eigenvalue weighted by molar-refractivity contribution is -0.117. The Morgan fingerprint density at radius 3 is 2.50 bits per heavy atom. The molecule has 0 atom stereocenters. The van der Waals surface area contributed by atoms with Crippen molar-refractivity contribution in [3.8, 4) is 0 Å². The van der Waals surface area contributed by atoms with Gasteiger partial charge in [0.2, 0.25) is 5.91 Å². The van der Waals surface area contributed by atoms with Gasteiger partial charge in [0, 0.05) is 35.7 Å². The van der Waals surface area contributed by atoms with Crippen molar-refractivity contribution in [1.82, 2.24) is 5.32 Å². The summed E-state index contributed by atoms with van der Waals surface area (Å²) in [6.07, 6.45) is 3.23. The van der Waals surface area contributed by atoms with Gasteiger partial charge < -0.3 is 15.2 Å². The summed E-state index contributed by atoms with van der Waals surface area (Å²) < 4.78 is 6.37. The molecule has 1 fully saturated rings. The maximum atomic E-state index is 12.4. The second-order valence-corrected chi connectivity index (χ2v) is 7.67. The number of halogens is 1. The van der Waals surface area contributed by atoms with Crippen LogP contribution in [0.1, 0.15) is 32.3 Å². The van der Waals surface area contributed by atoms with Gasteiger partial charge in [-0.25, -0.2) is 0 Å². The summed E-state index contributed by atoms with van der Waals surface area (Å²) in [5, 5.41) is 12.7. The number of carbonyl (C=O) groups excluding carboxylic acids is 1. The number of aliphatic hydroxyl groups excluding tert-OH is 1. The minimum Gasteiger partial charge on any atom is -0.396 e. The largest absolute Gasteiger partial charge is 0.396 e. The van der Waals surface area contributed by atoms with E-state index in [1.54, 1.807) is 6.08 Å². The zero-order valence-corrected chi connectivity index (χ0v) is 15.9. The van der Waals surface area contributed by atoms with Crippen molar-refractivity contribution < 1.29 is 14.6 Å². The molecule has 2 N–H and O–H groups in total. The normalized spacial score (nSPS) is 17.8. The first kappa shape index (κ1) is 19.2. The maximum absolute atomic E-state index is 12.4. The molecule has 5 heteroatoms. The van der Waals surface area contributed by atoms with Crippen LogP contribution in [0.2, 0.25) is 0 Å². The molecule has 1 aliphatic heterocycles. The second-order valence-electron chi connectivity index (χ2n) is 6.75. The summed E-state index contributed by atoms with van der Waals surface area (Å²) in [5.41, 5.74) is 1.80. The standard InChI is InChI=1S/C19H26BrNO3/c1-14(2)17(15-3-5-16(20)6-4-15)11-18(23)21-12-19(13-22)7-9-24-10-8-19/h3-6,11,14,22H,7-10,12-13H2,1-2H3,(H,21,23)/b17-11+. The van der Waals surface area contributed by atoms with Gasteiger partial charge in [0.05, 0.1) is 6.61 Å². The van der Waals surface area contributed by atoms with E-state index in [-0.39, 0.29) is 23.8 Å². The van der Waals surface area contributed by atoms with Gasteiger partial charge >= 0.3 is 0 Å². The topological polar surface area (TPSA) is 58.6 Å². The Hall–Kier alpha value is -1.17. The molecular weight excluding hydrogens is 370 g/mol. The third-order valence-corrected chi connectivity index (χ3v) is 5.14. The number of nitrogens with one attached hydrogen (secondary N) is 1. The van der Waals surface area contributed by atoms with Gasteiger partial charge in [-0.15, -0.1) is 0 Å². The highest BCUT2D eigenvalue weighted by Crippen LogP contribution is 2.29. The van der Waals surface area contributed by atoms with E-state index in [1.807, 2.05) is 24.3 Å². The summed E-state index contributed by atoms with van der Waals surface area (Å²) in [4.78, 5) is 12.4. The van der Waals surface area contributed by atoms with Crippen molar-refractivity contribution in [2.24, 2.45) is 11.3 Å². The molecule has 0 aromatic heterocycles. The number of amides is 1. The van der Waals surface area contributed by atoms with E-state index >= 15 is 0 Å². The van der Waals surface area contributed by atoms with E-state index in [4.69, 9.17) is 4.74 Å². The van der Waals surface area contributed by atoms with E-state index in [1.165, 1.54) is 0 Å². The average Bonchev–Trinajstić information content (AvgIpc) is 2.59. The third kappa shape index (κ3) is 5.16. The highest BCUT2D eigenvalue weighted by molar-refractivity contribution is 9.10. The van der Waals surface area contributed by atoms with Crippen LogP contribution in [-0.2, 0) is 9.53 Å². The highest BCUT2D eigenvalue weighted by atomic mass is 79.9. The number of aliphatic hydroxyl groups is 1. The number of allylic oxidation sites excluding steroid dienone is 1. The lowest BCUT2D eigenvalue weighted by Gasteiger charge is -2.35. The van der Waals surface area contributed by atoms with E-state index in [2.05, 4.69) is 35.1 Å². The lowest BCUT2D eigenvalue weighted by atomic mass is 9.81. The molecule has 132 valence electrons. The monoisotopic (exact) mass is 395 g/mol. The van der Waals surface area contributed by atoms with Crippen LogP contribution in [0.5, 0.6) is 0 Å². The van der Waals surface area contributed by atoms with Crippen LogP contribution in [-0.4, -0.2) is 37.4 Å². The molecule has 1 aromatic rings. The minimum absolute atomic E-state index is 0.0735. The van der Waals surface area contributed by atoms with Crippen LogP contribution < -0.4 is 5.32 Å². The Morgan fingerprint density at radius 2 is 1.96 bits per heavy atom. The van der Waals surface area contributed by atoms with Crippen molar-refractivity contribution in [3.63, 3.8) is 0 Å². The van der Waals surface area contributed by atoms with Gasteiger partial charge in [0.15, 0.2) is 0 Å². The third-order valence-electron chi connectivity index (χ3n) is 4.61. The molecule has 2 rings (SSSR count). The predicted octanol–water partition coefficient (Wildman–Crippen LogP) is 3.39. The van der Waals surface area contributed by atoms with E-state index in [9.17, 15) is 9.90 Å². The predicted molar refractivity (Wildman–Crippen MR) is 99.5 cm³/mol. The summed E-state index contributed by atoms with van der Waals surface area (Å²) in [6.45, 7) is 5.99. The fourth-order valence-electron chi connectivity index (χ4n) is 2.89. The minimum atomic E-state index is -0.253.